The molecule has 140 valence electrons. The van der Waals surface area contributed by atoms with Gasteiger partial charge in [0.05, 0.1) is 12.7 Å². The molecule has 0 amide bonds. The van der Waals surface area contributed by atoms with E-state index in [1.165, 1.54) is 6.92 Å². The van der Waals surface area contributed by atoms with Crippen molar-refractivity contribution in [2.24, 2.45) is 28.6 Å². The van der Waals surface area contributed by atoms with Gasteiger partial charge in [0, 0.05) is 17.8 Å². The number of ether oxygens (including phenoxy) is 2. The van der Waals surface area contributed by atoms with E-state index in [4.69, 9.17) is 9.47 Å². The Balaban J connectivity index is 1.66. The van der Waals surface area contributed by atoms with Gasteiger partial charge < -0.3 is 19.7 Å². The fraction of sp³-hybridized carbons (Fsp3) is 0.850. The van der Waals surface area contributed by atoms with Gasteiger partial charge in [-0.3, -0.25) is 4.79 Å². The van der Waals surface area contributed by atoms with Gasteiger partial charge in [0.1, 0.15) is 6.10 Å². The number of esters is 1. The molecule has 3 saturated carbocycles. The Hall–Kier alpha value is -0.910. The Morgan fingerprint density at radius 2 is 2.00 bits per heavy atom. The van der Waals surface area contributed by atoms with Gasteiger partial charge in [-0.1, -0.05) is 19.4 Å². The summed E-state index contributed by atoms with van der Waals surface area (Å²) in [6.45, 7) is 6.48. The molecule has 8 atom stereocenters. The van der Waals surface area contributed by atoms with Crippen molar-refractivity contribution < 1.29 is 24.5 Å². The number of carbonyl (C=O) groups excluding carboxylic acids is 1. The number of fused-ring (bicyclic) bond motifs is 5. The largest absolute Gasteiger partial charge is 0.462 e. The molecule has 0 aromatic rings. The fourth-order valence-electron chi connectivity index (χ4n) is 6.59. The normalized spacial score (nSPS) is 51.8. The molecule has 0 bridgehead atoms. The lowest BCUT2D eigenvalue weighted by Gasteiger charge is -2.59. The molecular weight excluding hydrogens is 320 g/mol. The molecule has 3 unspecified atom stereocenters. The minimum atomic E-state index is -0.847. The molecule has 4 aliphatic rings. The number of carbonyl (C=O) groups is 1. The maximum atomic E-state index is 11.5. The molecule has 5 nitrogen and oxygen atoms in total. The lowest BCUT2D eigenvalue weighted by molar-refractivity contribution is -0.173. The van der Waals surface area contributed by atoms with Gasteiger partial charge in [-0.05, 0) is 55.9 Å². The highest BCUT2D eigenvalue weighted by Crippen LogP contribution is 2.64. The predicted molar refractivity (Wildman–Crippen MR) is 91.4 cm³/mol. The van der Waals surface area contributed by atoms with Crippen molar-refractivity contribution in [1.29, 1.82) is 0 Å². The van der Waals surface area contributed by atoms with Crippen LogP contribution in [0.1, 0.15) is 52.9 Å². The highest BCUT2D eigenvalue weighted by Gasteiger charge is 2.62. The van der Waals surface area contributed by atoms with E-state index in [1.54, 1.807) is 6.08 Å². The third-order valence-corrected chi connectivity index (χ3v) is 7.88. The molecule has 1 heterocycles. The highest BCUT2D eigenvalue weighted by molar-refractivity contribution is 5.66. The molecule has 0 spiro atoms. The van der Waals surface area contributed by atoms with E-state index in [0.717, 1.165) is 31.3 Å². The summed E-state index contributed by atoms with van der Waals surface area (Å²) in [7, 11) is 0. The minimum Gasteiger partial charge on any atom is -0.462 e. The average Bonchev–Trinajstić information content (AvgIpc) is 2.85. The highest BCUT2D eigenvalue weighted by atomic mass is 16.6. The first-order chi connectivity index (χ1) is 11.8. The average molecular weight is 350 g/mol. The van der Waals surface area contributed by atoms with Crippen LogP contribution in [0, 0.1) is 28.6 Å². The van der Waals surface area contributed by atoms with Crippen LogP contribution in [-0.4, -0.2) is 41.3 Å². The number of hydrogen-bond donors (Lipinski definition) is 2. The first-order valence-corrected chi connectivity index (χ1v) is 9.62. The van der Waals surface area contributed by atoms with E-state index in [1.807, 2.05) is 0 Å². The van der Waals surface area contributed by atoms with Crippen LogP contribution in [-0.2, 0) is 14.3 Å². The summed E-state index contributed by atoms with van der Waals surface area (Å²) in [5, 5.41) is 20.8. The molecule has 0 radical (unpaired) electrons. The van der Waals surface area contributed by atoms with Crippen molar-refractivity contribution in [2.75, 3.05) is 6.61 Å². The summed E-state index contributed by atoms with van der Waals surface area (Å²) < 4.78 is 11.2. The molecule has 5 heteroatoms. The molecule has 25 heavy (non-hydrogen) atoms. The second kappa shape index (κ2) is 5.80. The molecule has 1 aliphatic heterocycles. The van der Waals surface area contributed by atoms with Crippen LogP contribution in [0.2, 0.25) is 0 Å². The fourth-order valence-corrected chi connectivity index (χ4v) is 6.59. The van der Waals surface area contributed by atoms with Crippen molar-refractivity contribution in [3.63, 3.8) is 0 Å². The topological polar surface area (TPSA) is 76.0 Å². The Kier molecular flexibility index (Phi) is 4.06. The van der Waals surface area contributed by atoms with Crippen molar-refractivity contribution in [1.82, 2.24) is 0 Å². The standard InChI is InChI=1S/C20H30O5/c1-11(21)25-16-5-4-13-18-14(6-7-19(13,16)2)20(3)10-24-17(23)9-12(20)8-15(18)22/h9,13-18,22-23H,4-8,10H2,1-3H3/t13?,14?,15-,16-,17-,18?,19-,20-/m0/s1. The summed E-state index contributed by atoms with van der Waals surface area (Å²) in [6.07, 6.45) is 5.05. The van der Waals surface area contributed by atoms with Crippen molar-refractivity contribution >= 4 is 5.97 Å². The molecular formula is C20H30O5. The summed E-state index contributed by atoms with van der Waals surface area (Å²) in [4.78, 5) is 11.5. The molecule has 3 aliphatic carbocycles. The lowest BCUT2D eigenvalue weighted by Crippen LogP contribution is -2.57. The monoisotopic (exact) mass is 350 g/mol. The Bertz CT molecular complexity index is 601. The zero-order chi connectivity index (χ0) is 18.0. The number of rotatable bonds is 1. The van der Waals surface area contributed by atoms with Crippen LogP contribution in [0.25, 0.3) is 0 Å². The molecule has 4 rings (SSSR count). The predicted octanol–water partition coefficient (Wildman–Crippen LogP) is 2.41. The zero-order valence-electron chi connectivity index (χ0n) is 15.4. The molecule has 0 saturated heterocycles. The van der Waals surface area contributed by atoms with Crippen LogP contribution >= 0.6 is 0 Å². The van der Waals surface area contributed by atoms with E-state index >= 15 is 0 Å². The molecule has 0 aromatic heterocycles. The van der Waals surface area contributed by atoms with Crippen molar-refractivity contribution in [3.05, 3.63) is 11.6 Å². The first kappa shape index (κ1) is 17.5. The Morgan fingerprint density at radius 3 is 2.72 bits per heavy atom. The van der Waals surface area contributed by atoms with Crippen LogP contribution in [0.3, 0.4) is 0 Å². The van der Waals surface area contributed by atoms with Crippen LogP contribution in [0.5, 0.6) is 0 Å². The summed E-state index contributed by atoms with van der Waals surface area (Å²) in [6, 6.07) is 0. The lowest BCUT2D eigenvalue weighted by atomic mass is 9.48. The maximum Gasteiger partial charge on any atom is 0.302 e. The molecule has 3 fully saturated rings. The van der Waals surface area contributed by atoms with Crippen LogP contribution in [0.4, 0.5) is 0 Å². The zero-order valence-corrected chi connectivity index (χ0v) is 15.4. The van der Waals surface area contributed by atoms with Gasteiger partial charge >= 0.3 is 5.97 Å². The smallest absolute Gasteiger partial charge is 0.302 e. The third kappa shape index (κ3) is 2.50. The van der Waals surface area contributed by atoms with Gasteiger partial charge in [-0.15, -0.1) is 0 Å². The van der Waals surface area contributed by atoms with E-state index in [-0.39, 0.29) is 28.8 Å². The van der Waals surface area contributed by atoms with Crippen molar-refractivity contribution in [3.8, 4) is 0 Å². The van der Waals surface area contributed by atoms with E-state index in [9.17, 15) is 15.0 Å². The number of hydrogen-bond acceptors (Lipinski definition) is 5. The van der Waals surface area contributed by atoms with Gasteiger partial charge in [-0.25, -0.2) is 0 Å². The van der Waals surface area contributed by atoms with E-state index in [2.05, 4.69) is 13.8 Å². The summed E-state index contributed by atoms with van der Waals surface area (Å²) in [5.74, 6) is 0.727. The third-order valence-electron chi connectivity index (χ3n) is 7.88. The molecule has 2 N–H and O–H groups in total. The van der Waals surface area contributed by atoms with Gasteiger partial charge in [-0.2, -0.15) is 0 Å². The Morgan fingerprint density at radius 1 is 1.24 bits per heavy atom. The second-order valence-electron chi connectivity index (χ2n) is 9.09. The summed E-state index contributed by atoms with van der Waals surface area (Å²) >= 11 is 0. The molecule has 0 aromatic carbocycles. The second-order valence-corrected chi connectivity index (χ2v) is 9.09. The van der Waals surface area contributed by atoms with E-state index < -0.39 is 12.4 Å². The number of aliphatic hydroxyl groups is 2. The van der Waals surface area contributed by atoms with Crippen LogP contribution < -0.4 is 0 Å². The van der Waals surface area contributed by atoms with E-state index in [0.29, 0.717) is 24.9 Å². The maximum absolute atomic E-state index is 11.5. The SMILES string of the molecule is CC(=O)O[C@H]1CCC2C3C(CC[C@@]21C)[C@@]1(C)CO[C@H](O)C=C1C[C@@H]3O. The first-order valence-electron chi connectivity index (χ1n) is 9.62. The Labute approximate surface area is 149 Å². The minimum absolute atomic E-state index is 0.0303. The van der Waals surface area contributed by atoms with Gasteiger partial charge in [0.2, 0.25) is 0 Å². The van der Waals surface area contributed by atoms with Gasteiger partial charge in [0.15, 0.2) is 6.29 Å². The van der Waals surface area contributed by atoms with Gasteiger partial charge in [0.25, 0.3) is 0 Å². The summed E-state index contributed by atoms with van der Waals surface area (Å²) in [5.41, 5.74) is 1.00. The van der Waals surface area contributed by atoms with Crippen LogP contribution in [0.15, 0.2) is 11.6 Å². The van der Waals surface area contributed by atoms with Crippen molar-refractivity contribution in [2.45, 2.75) is 71.4 Å². The number of aliphatic hydroxyl groups excluding tert-OH is 2. The quantitative estimate of drug-likeness (QED) is 0.561.